The molecule has 0 aliphatic heterocycles. The topological polar surface area (TPSA) is 38.1 Å². The molecule has 0 saturated heterocycles. The minimum Gasteiger partial charge on any atom is -0.439 e. The molecule has 3 rings (SSSR count). The third-order valence-corrected chi connectivity index (χ3v) is 4.78. The summed E-state index contributed by atoms with van der Waals surface area (Å²) >= 11 is 12.2. The van der Waals surface area contributed by atoms with Crippen LogP contribution in [0.15, 0.2) is 16.5 Å². The van der Waals surface area contributed by atoms with E-state index < -0.39 is 0 Å². The van der Waals surface area contributed by atoms with Crippen LogP contribution in [0.3, 0.4) is 0 Å². The lowest BCUT2D eigenvalue weighted by Gasteiger charge is -2.36. The van der Waals surface area contributed by atoms with E-state index in [1.54, 1.807) is 12.1 Å². The number of likely N-dealkylation sites (N-methyl/N-ethyl adjacent to an activating group) is 1. The molecule has 1 fully saturated rings. The van der Waals surface area contributed by atoms with Crippen molar-refractivity contribution in [2.45, 2.75) is 44.1 Å². The first-order valence-corrected chi connectivity index (χ1v) is 7.81. The van der Waals surface area contributed by atoms with Crippen molar-refractivity contribution in [1.82, 2.24) is 10.3 Å². The molecule has 0 atom stereocenters. The summed E-state index contributed by atoms with van der Waals surface area (Å²) in [5.74, 6) is 0.736. The quantitative estimate of drug-likeness (QED) is 0.900. The Kier molecular flexibility index (Phi) is 3.93. The fraction of sp³-hybridized carbons (Fsp3) is 0.533. The third kappa shape index (κ3) is 2.67. The molecule has 1 aliphatic rings. The summed E-state index contributed by atoms with van der Waals surface area (Å²) in [4.78, 5) is 4.55. The molecule has 1 saturated carbocycles. The Labute approximate surface area is 128 Å². The van der Waals surface area contributed by atoms with Gasteiger partial charge in [0.05, 0.1) is 5.02 Å². The van der Waals surface area contributed by atoms with Crippen molar-refractivity contribution < 1.29 is 4.42 Å². The van der Waals surface area contributed by atoms with Crippen LogP contribution >= 0.6 is 23.2 Å². The van der Waals surface area contributed by atoms with Crippen molar-refractivity contribution in [3.05, 3.63) is 28.1 Å². The predicted octanol–water partition coefficient (Wildman–Crippen LogP) is 4.60. The van der Waals surface area contributed by atoms with Crippen molar-refractivity contribution >= 4 is 34.3 Å². The van der Waals surface area contributed by atoms with E-state index in [-0.39, 0.29) is 5.54 Å². The smallest absolute Gasteiger partial charge is 0.197 e. The van der Waals surface area contributed by atoms with Crippen molar-refractivity contribution in [1.29, 1.82) is 0 Å². The first-order valence-electron chi connectivity index (χ1n) is 7.05. The number of nitrogens with zero attached hydrogens (tertiary/aromatic N) is 1. The number of halogens is 2. The van der Waals surface area contributed by atoms with Crippen molar-refractivity contribution in [2.24, 2.45) is 0 Å². The monoisotopic (exact) mass is 312 g/mol. The number of aromatic nitrogens is 1. The van der Waals surface area contributed by atoms with Gasteiger partial charge in [0.1, 0.15) is 5.52 Å². The van der Waals surface area contributed by atoms with Gasteiger partial charge >= 0.3 is 0 Å². The van der Waals surface area contributed by atoms with E-state index >= 15 is 0 Å². The van der Waals surface area contributed by atoms with Gasteiger partial charge in [-0.25, -0.2) is 4.98 Å². The minimum atomic E-state index is 0.107. The summed E-state index contributed by atoms with van der Waals surface area (Å²) < 4.78 is 5.84. The van der Waals surface area contributed by atoms with Gasteiger partial charge in [-0.05, 0) is 32.0 Å². The number of nitrogens with one attached hydrogen (secondary N) is 1. The summed E-state index contributed by atoms with van der Waals surface area (Å²) in [6.45, 7) is 0. The molecule has 1 aromatic heterocycles. The van der Waals surface area contributed by atoms with Crippen LogP contribution in [0.2, 0.25) is 10.0 Å². The molecule has 0 radical (unpaired) electrons. The lowest BCUT2D eigenvalue weighted by Crippen LogP contribution is -2.46. The Balaban J connectivity index is 1.92. The highest BCUT2D eigenvalue weighted by Crippen LogP contribution is 2.33. The largest absolute Gasteiger partial charge is 0.439 e. The normalized spacial score (nSPS) is 18.6. The SMILES string of the molecule is CNC1(Cc2nc3cc(Cl)cc(Cl)c3o2)CCCCC1. The van der Waals surface area contributed by atoms with E-state index in [9.17, 15) is 0 Å². The van der Waals surface area contributed by atoms with Crippen LogP contribution in [0.25, 0.3) is 11.1 Å². The Bertz CT molecular complexity index is 618. The van der Waals surface area contributed by atoms with Crippen molar-refractivity contribution in [3.8, 4) is 0 Å². The molecule has 0 bridgehead atoms. The molecular weight excluding hydrogens is 295 g/mol. The molecule has 3 nitrogen and oxygen atoms in total. The highest BCUT2D eigenvalue weighted by atomic mass is 35.5. The number of hydrogen-bond acceptors (Lipinski definition) is 3. The van der Waals surface area contributed by atoms with Crippen LogP contribution in [-0.2, 0) is 6.42 Å². The molecule has 20 heavy (non-hydrogen) atoms. The van der Waals surface area contributed by atoms with Gasteiger partial charge in [-0.3, -0.25) is 0 Å². The molecule has 5 heteroatoms. The Hall–Kier alpha value is -0.770. The van der Waals surface area contributed by atoms with Crippen LogP contribution in [0.1, 0.15) is 38.0 Å². The van der Waals surface area contributed by atoms with Gasteiger partial charge < -0.3 is 9.73 Å². The van der Waals surface area contributed by atoms with Gasteiger partial charge in [-0.1, -0.05) is 42.5 Å². The fourth-order valence-electron chi connectivity index (χ4n) is 3.11. The van der Waals surface area contributed by atoms with E-state index in [2.05, 4.69) is 10.3 Å². The van der Waals surface area contributed by atoms with Crippen molar-refractivity contribution in [3.63, 3.8) is 0 Å². The molecule has 1 N–H and O–H groups in total. The molecular formula is C15H18Cl2N2O. The first-order chi connectivity index (χ1) is 9.62. The van der Waals surface area contributed by atoms with E-state index in [1.165, 1.54) is 19.3 Å². The molecule has 1 heterocycles. The van der Waals surface area contributed by atoms with Crippen LogP contribution < -0.4 is 5.32 Å². The number of fused-ring (bicyclic) bond motifs is 1. The summed E-state index contributed by atoms with van der Waals surface area (Å²) in [7, 11) is 2.03. The average molecular weight is 313 g/mol. The number of hydrogen-bond donors (Lipinski definition) is 1. The second-order valence-corrected chi connectivity index (χ2v) is 6.45. The van der Waals surface area contributed by atoms with E-state index in [4.69, 9.17) is 27.6 Å². The third-order valence-electron chi connectivity index (χ3n) is 4.28. The second kappa shape index (κ2) is 5.55. The Morgan fingerprint density at radius 1 is 1.25 bits per heavy atom. The predicted molar refractivity (Wildman–Crippen MR) is 82.6 cm³/mol. The van der Waals surface area contributed by atoms with Crippen LogP contribution in [-0.4, -0.2) is 17.6 Å². The maximum Gasteiger partial charge on any atom is 0.197 e. The van der Waals surface area contributed by atoms with Gasteiger partial charge in [0.2, 0.25) is 0 Å². The summed E-state index contributed by atoms with van der Waals surface area (Å²) in [6.07, 6.45) is 6.96. The summed E-state index contributed by atoms with van der Waals surface area (Å²) in [5, 5.41) is 4.59. The van der Waals surface area contributed by atoms with Crippen LogP contribution in [0.4, 0.5) is 0 Å². The second-order valence-electron chi connectivity index (χ2n) is 5.61. The standard InChI is InChI=1S/C15H18Cl2N2O/c1-18-15(5-3-2-4-6-15)9-13-19-12-8-10(16)7-11(17)14(12)20-13/h7-8,18H,2-6,9H2,1H3. The number of benzene rings is 1. The lowest BCUT2D eigenvalue weighted by molar-refractivity contribution is 0.230. The molecule has 0 spiro atoms. The Morgan fingerprint density at radius 3 is 2.70 bits per heavy atom. The van der Waals surface area contributed by atoms with Gasteiger partial charge in [0, 0.05) is 17.0 Å². The summed E-state index contributed by atoms with van der Waals surface area (Å²) in [6, 6.07) is 3.48. The zero-order valence-corrected chi connectivity index (χ0v) is 13.0. The van der Waals surface area contributed by atoms with Crippen LogP contribution in [0.5, 0.6) is 0 Å². The number of rotatable bonds is 3. The molecule has 0 unspecified atom stereocenters. The molecule has 0 amide bonds. The van der Waals surface area contributed by atoms with Gasteiger partial charge in [0.25, 0.3) is 0 Å². The summed E-state index contributed by atoms with van der Waals surface area (Å²) in [5.41, 5.74) is 1.47. The van der Waals surface area contributed by atoms with E-state index in [0.717, 1.165) is 30.7 Å². The van der Waals surface area contributed by atoms with Gasteiger partial charge in [-0.15, -0.1) is 0 Å². The highest BCUT2D eigenvalue weighted by molar-refractivity contribution is 6.37. The van der Waals surface area contributed by atoms with Crippen LogP contribution in [0, 0.1) is 0 Å². The minimum absolute atomic E-state index is 0.107. The number of oxazole rings is 1. The van der Waals surface area contributed by atoms with E-state index in [0.29, 0.717) is 15.6 Å². The lowest BCUT2D eigenvalue weighted by atomic mass is 9.79. The zero-order valence-electron chi connectivity index (χ0n) is 11.5. The van der Waals surface area contributed by atoms with Crippen molar-refractivity contribution in [2.75, 3.05) is 7.05 Å². The fourth-order valence-corrected chi connectivity index (χ4v) is 3.64. The first kappa shape index (κ1) is 14.2. The molecule has 108 valence electrons. The Morgan fingerprint density at radius 2 is 2.00 bits per heavy atom. The maximum absolute atomic E-state index is 6.15. The highest BCUT2D eigenvalue weighted by Gasteiger charge is 2.32. The molecule has 1 aromatic carbocycles. The maximum atomic E-state index is 6.15. The molecule has 1 aliphatic carbocycles. The molecule has 2 aromatic rings. The zero-order chi connectivity index (χ0) is 14.2. The van der Waals surface area contributed by atoms with E-state index in [1.807, 2.05) is 7.05 Å². The van der Waals surface area contributed by atoms with Gasteiger partial charge in [0.15, 0.2) is 11.5 Å². The van der Waals surface area contributed by atoms with Gasteiger partial charge in [-0.2, -0.15) is 0 Å². The average Bonchev–Trinajstić information content (AvgIpc) is 2.82.